The van der Waals surface area contributed by atoms with Gasteiger partial charge in [-0.1, -0.05) is 39.5 Å². The summed E-state index contributed by atoms with van der Waals surface area (Å²) in [5.74, 6) is -0.469. The van der Waals surface area contributed by atoms with Crippen molar-refractivity contribution in [3.05, 3.63) is 0 Å². The van der Waals surface area contributed by atoms with E-state index in [4.69, 9.17) is 14.2 Å². The molecule has 0 aromatic rings. The molecular formula is C17H30O5S. The number of unbranched alkanes of at least 4 members (excludes halogenated alkanes) is 2. The quantitative estimate of drug-likeness (QED) is 0.255. The Morgan fingerprint density at radius 2 is 1.74 bits per heavy atom. The third kappa shape index (κ3) is 9.87. The molecule has 0 aliphatic carbocycles. The van der Waals surface area contributed by atoms with Gasteiger partial charge in [0.1, 0.15) is 19.3 Å². The van der Waals surface area contributed by atoms with E-state index in [0.717, 1.165) is 18.8 Å². The Bertz CT molecular complexity index is 368. The fourth-order valence-electron chi connectivity index (χ4n) is 2.04. The van der Waals surface area contributed by atoms with Crippen molar-refractivity contribution in [1.82, 2.24) is 0 Å². The summed E-state index contributed by atoms with van der Waals surface area (Å²) in [6, 6.07) is 0. The lowest BCUT2D eigenvalue weighted by Gasteiger charge is -2.14. The molecular weight excluding hydrogens is 316 g/mol. The maximum absolute atomic E-state index is 11.8. The van der Waals surface area contributed by atoms with Crippen LogP contribution in [0.4, 0.5) is 0 Å². The molecule has 6 heteroatoms. The lowest BCUT2D eigenvalue weighted by atomic mass is 10.0. The average Bonchev–Trinajstić information content (AvgIpc) is 3.33. The topological polar surface area (TPSA) is 65.1 Å². The second-order valence-corrected chi connectivity index (χ2v) is 7.29. The van der Waals surface area contributed by atoms with E-state index in [1.165, 1.54) is 12.8 Å². The lowest BCUT2D eigenvalue weighted by molar-refractivity contribution is -0.154. The minimum atomic E-state index is -0.468. The van der Waals surface area contributed by atoms with E-state index in [2.05, 4.69) is 26.5 Å². The predicted octanol–water partition coefficient (Wildman–Crippen LogP) is 3.01. The molecule has 23 heavy (non-hydrogen) atoms. The summed E-state index contributed by atoms with van der Waals surface area (Å²) in [4.78, 5) is 23.5. The molecule has 0 bridgehead atoms. The summed E-state index contributed by atoms with van der Waals surface area (Å²) in [6.07, 6.45) is 5.22. The Kier molecular flexibility index (Phi) is 9.63. The van der Waals surface area contributed by atoms with E-state index in [0.29, 0.717) is 13.0 Å². The van der Waals surface area contributed by atoms with Crippen LogP contribution < -0.4 is 0 Å². The van der Waals surface area contributed by atoms with Crippen molar-refractivity contribution < 1.29 is 23.8 Å². The standard InChI is InChI=1S/C17H30O5S/c1-12(2)7-5-4-6-8-15(23)17(19)21-9-13(3)16(18)22-11-14-10-20-14/h12-15,23H,4-11H2,1-3H3/t13?,14-,15?/m0/s1. The second kappa shape index (κ2) is 10.9. The summed E-state index contributed by atoms with van der Waals surface area (Å²) in [5.41, 5.74) is 0. The van der Waals surface area contributed by atoms with E-state index in [1.54, 1.807) is 6.92 Å². The van der Waals surface area contributed by atoms with E-state index >= 15 is 0 Å². The highest BCUT2D eigenvalue weighted by molar-refractivity contribution is 7.81. The second-order valence-electron chi connectivity index (χ2n) is 6.66. The molecule has 0 saturated carbocycles. The molecule has 2 unspecified atom stereocenters. The fourth-order valence-corrected chi connectivity index (χ4v) is 2.29. The maximum Gasteiger partial charge on any atom is 0.318 e. The van der Waals surface area contributed by atoms with Gasteiger partial charge in [-0.15, -0.1) is 0 Å². The minimum Gasteiger partial charge on any atom is -0.464 e. The van der Waals surface area contributed by atoms with Crippen LogP contribution in [0.5, 0.6) is 0 Å². The van der Waals surface area contributed by atoms with Gasteiger partial charge in [0, 0.05) is 0 Å². The number of ether oxygens (including phenoxy) is 3. The summed E-state index contributed by atoms with van der Waals surface area (Å²) in [5, 5.41) is -0.419. The zero-order valence-corrected chi connectivity index (χ0v) is 15.3. The Morgan fingerprint density at radius 3 is 2.35 bits per heavy atom. The SMILES string of the molecule is CC(C)CCCCCC(S)C(=O)OCC(C)C(=O)OC[C@@H]1CO1. The van der Waals surface area contributed by atoms with Gasteiger partial charge in [-0.05, 0) is 19.3 Å². The molecule has 0 radical (unpaired) electrons. The van der Waals surface area contributed by atoms with Gasteiger partial charge in [-0.3, -0.25) is 9.59 Å². The first kappa shape index (κ1) is 20.3. The molecule has 0 aromatic heterocycles. The highest BCUT2D eigenvalue weighted by atomic mass is 32.1. The number of thiol groups is 1. The van der Waals surface area contributed by atoms with Crippen LogP contribution in [-0.4, -0.2) is 43.1 Å². The van der Waals surface area contributed by atoms with Crippen molar-refractivity contribution in [2.75, 3.05) is 19.8 Å². The molecule has 134 valence electrons. The molecule has 0 spiro atoms. The number of esters is 2. The van der Waals surface area contributed by atoms with E-state index in [1.807, 2.05) is 0 Å². The van der Waals surface area contributed by atoms with Crippen molar-refractivity contribution in [2.24, 2.45) is 11.8 Å². The monoisotopic (exact) mass is 346 g/mol. The highest BCUT2D eigenvalue weighted by Gasteiger charge is 2.26. The summed E-state index contributed by atoms with van der Waals surface area (Å²) >= 11 is 4.29. The van der Waals surface area contributed by atoms with Crippen LogP contribution in [0.1, 0.15) is 52.9 Å². The van der Waals surface area contributed by atoms with Crippen molar-refractivity contribution in [2.45, 2.75) is 64.2 Å². The molecule has 0 aromatic carbocycles. The average molecular weight is 346 g/mol. The van der Waals surface area contributed by atoms with Crippen molar-refractivity contribution in [1.29, 1.82) is 0 Å². The largest absolute Gasteiger partial charge is 0.464 e. The van der Waals surface area contributed by atoms with Gasteiger partial charge < -0.3 is 14.2 Å². The van der Waals surface area contributed by atoms with Crippen LogP contribution in [0.3, 0.4) is 0 Å². The summed E-state index contributed by atoms with van der Waals surface area (Å²) in [6.45, 7) is 7.07. The van der Waals surface area contributed by atoms with Gasteiger partial charge in [0.15, 0.2) is 0 Å². The maximum atomic E-state index is 11.8. The molecule has 1 aliphatic rings. The number of epoxide rings is 1. The molecule has 0 N–H and O–H groups in total. The zero-order chi connectivity index (χ0) is 17.2. The van der Waals surface area contributed by atoms with Crippen LogP contribution in [0.25, 0.3) is 0 Å². The van der Waals surface area contributed by atoms with Gasteiger partial charge in [0.25, 0.3) is 0 Å². The van der Waals surface area contributed by atoms with Crippen LogP contribution in [-0.2, 0) is 23.8 Å². The van der Waals surface area contributed by atoms with Crippen LogP contribution in [0, 0.1) is 11.8 Å². The fraction of sp³-hybridized carbons (Fsp3) is 0.882. The van der Waals surface area contributed by atoms with Crippen molar-refractivity contribution in [3.63, 3.8) is 0 Å². The van der Waals surface area contributed by atoms with Crippen LogP contribution >= 0.6 is 12.6 Å². The van der Waals surface area contributed by atoms with E-state index in [-0.39, 0.29) is 31.3 Å². The van der Waals surface area contributed by atoms with Gasteiger partial charge >= 0.3 is 11.9 Å². The van der Waals surface area contributed by atoms with Crippen LogP contribution in [0.15, 0.2) is 0 Å². The van der Waals surface area contributed by atoms with Gasteiger partial charge in [-0.25, -0.2) is 0 Å². The van der Waals surface area contributed by atoms with Gasteiger partial charge in [-0.2, -0.15) is 12.6 Å². The van der Waals surface area contributed by atoms with Crippen molar-refractivity contribution in [3.8, 4) is 0 Å². The molecule has 1 rings (SSSR count). The highest BCUT2D eigenvalue weighted by Crippen LogP contribution is 2.15. The third-order valence-corrected chi connectivity index (χ3v) is 4.19. The first-order valence-corrected chi connectivity index (χ1v) is 9.04. The van der Waals surface area contributed by atoms with Gasteiger partial charge in [0.2, 0.25) is 0 Å². The summed E-state index contributed by atoms with van der Waals surface area (Å²) in [7, 11) is 0. The van der Waals surface area contributed by atoms with Gasteiger partial charge in [0.05, 0.1) is 17.8 Å². The van der Waals surface area contributed by atoms with Crippen molar-refractivity contribution >= 4 is 24.6 Å². The molecule has 1 aliphatic heterocycles. The number of hydrogen-bond donors (Lipinski definition) is 1. The number of carbonyl (C=O) groups excluding carboxylic acids is 2. The zero-order valence-electron chi connectivity index (χ0n) is 14.5. The third-order valence-electron chi connectivity index (χ3n) is 3.72. The Balaban J connectivity index is 2.07. The number of hydrogen-bond acceptors (Lipinski definition) is 6. The predicted molar refractivity (Wildman–Crippen MR) is 91.5 cm³/mol. The lowest BCUT2D eigenvalue weighted by Crippen LogP contribution is -2.26. The Labute approximate surface area is 144 Å². The first-order chi connectivity index (χ1) is 10.9. The first-order valence-electron chi connectivity index (χ1n) is 8.53. The molecule has 1 fully saturated rings. The minimum absolute atomic E-state index is 0.0353. The molecule has 0 amide bonds. The molecule has 3 atom stereocenters. The molecule has 5 nitrogen and oxygen atoms in total. The van der Waals surface area contributed by atoms with E-state index in [9.17, 15) is 9.59 Å². The Hall–Kier alpha value is -0.750. The smallest absolute Gasteiger partial charge is 0.318 e. The molecule has 1 heterocycles. The number of carbonyl (C=O) groups is 2. The molecule has 1 saturated heterocycles. The normalized spacial score (nSPS) is 19.3. The van der Waals surface area contributed by atoms with Crippen LogP contribution in [0.2, 0.25) is 0 Å². The summed E-state index contributed by atoms with van der Waals surface area (Å²) < 4.78 is 15.2. The Morgan fingerprint density at radius 1 is 1.09 bits per heavy atom. The van der Waals surface area contributed by atoms with E-state index < -0.39 is 11.2 Å². The number of rotatable bonds is 12.